The van der Waals surface area contributed by atoms with E-state index in [0.29, 0.717) is 24.3 Å². The maximum atomic E-state index is 12.3. The number of sulfone groups is 1. The van der Waals surface area contributed by atoms with E-state index < -0.39 is 9.84 Å². The van der Waals surface area contributed by atoms with Gasteiger partial charge in [-0.05, 0) is 61.8 Å². The average molecular weight is 531 g/mol. The van der Waals surface area contributed by atoms with Crippen molar-refractivity contribution in [3.8, 4) is 11.5 Å². The van der Waals surface area contributed by atoms with Crippen LogP contribution in [0, 0.1) is 0 Å². The lowest BCUT2D eigenvalue weighted by Crippen LogP contribution is -2.11. The summed E-state index contributed by atoms with van der Waals surface area (Å²) in [4.78, 5) is 22.4. The third-order valence-electron chi connectivity index (χ3n) is 6.26. The van der Waals surface area contributed by atoms with Crippen LogP contribution in [0.1, 0.15) is 89.2 Å². The number of aryl methyl sites for hydroxylation is 2. The summed E-state index contributed by atoms with van der Waals surface area (Å²) in [7, 11) is -2.98. The molecule has 0 fully saturated rings. The number of esters is 2. The van der Waals surface area contributed by atoms with Crippen molar-refractivity contribution >= 4 is 21.8 Å². The zero-order valence-corrected chi connectivity index (χ0v) is 23.2. The Hall–Kier alpha value is -2.67. The molecule has 2 rings (SSSR count). The maximum absolute atomic E-state index is 12.3. The first kappa shape index (κ1) is 30.6. The molecular formula is C30H42O6S. The van der Waals surface area contributed by atoms with Gasteiger partial charge < -0.3 is 9.47 Å². The third-order valence-corrected chi connectivity index (χ3v) is 8.08. The molecule has 204 valence electrons. The second kappa shape index (κ2) is 17.0. The Morgan fingerprint density at radius 2 is 0.919 bits per heavy atom. The van der Waals surface area contributed by atoms with Gasteiger partial charge in [0.25, 0.3) is 0 Å². The molecule has 0 aliphatic rings. The van der Waals surface area contributed by atoms with E-state index in [9.17, 15) is 18.0 Å². The first-order valence-electron chi connectivity index (χ1n) is 13.5. The van der Waals surface area contributed by atoms with Crippen molar-refractivity contribution < 1.29 is 27.5 Å². The molecule has 0 N–H and O–H groups in total. The zero-order chi connectivity index (χ0) is 26.9. The Labute approximate surface area is 222 Å². The van der Waals surface area contributed by atoms with Crippen LogP contribution < -0.4 is 9.47 Å². The highest BCUT2D eigenvalue weighted by atomic mass is 32.2. The summed E-state index contributed by atoms with van der Waals surface area (Å²) < 4.78 is 35.2. The molecule has 0 saturated heterocycles. The van der Waals surface area contributed by atoms with E-state index in [4.69, 9.17) is 9.47 Å². The summed E-state index contributed by atoms with van der Waals surface area (Å²) in [6, 6.07) is 15.2. The van der Waals surface area contributed by atoms with E-state index in [1.165, 1.54) is 13.8 Å². The van der Waals surface area contributed by atoms with Crippen LogP contribution in [-0.4, -0.2) is 31.9 Å². The quantitative estimate of drug-likeness (QED) is 0.122. The lowest BCUT2D eigenvalue weighted by molar-refractivity contribution is -0.132. The lowest BCUT2D eigenvalue weighted by Gasteiger charge is -2.09. The number of benzene rings is 2. The molecule has 6 nitrogen and oxygen atoms in total. The number of carbonyl (C=O) groups excluding carboxylic acids is 2. The molecule has 2 aromatic carbocycles. The number of rotatable bonds is 18. The molecule has 0 aliphatic carbocycles. The molecular weight excluding hydrogens is 488 g/mol. The van der Waals surface area contributed by atoms with Crippen molar-refractivity contribution in [1.29, 1.82) is 0 Å². The number of hydrogen-bond donors (Lipinski definition) is 0. The van der Waals surface area contributed by atoms with Gasteiger partial charge in [-0.2, -0.15) is 0 Å². The van der Waals surface area contributed by atoms with Crippen LogP contribution in [-0.2, 0) is 32.3 Å². The van der Waals surface area contributed by atoms with Gasteiger partial charge >= 0.3 is 11.9 Å². The standard InChI is InChI=1S/C30H42O6S/c1-25(31)35-29-21-13-11-19-27(29)17-9-5-3-7-15-23-37(33,34)24-16-8-4-6-10-18-28-20-12-14-22-30(28)36-26(2)32/h11-14,19-22H,3-10,15-18,23-24H2,1-2H3. The second-order valence-electron chi connectivity index (χ2n) is 9.59. The van der Waals surface area contributed by atoms with Gasteiger partial charge in [-0.25, -0.2) is 8.42 Å². The second-order valence-corrected chi connectivity index (χ2v) is 11.9. The fourth-order valence-corrected chi connectivity index (χ4v) is 5.86. The maximum Gasteiger partial charge on any atom is 0.308 e. The molecule has 0 saturated carbocycles. The van der Waals surface area contributed by atoms with Crippen LogP contribution in [0.3, 0.4) is 0 Å². The molecule has 0 heterocycles. The molecule has 0 aromatic heterocycles. The molecule has 7 heteroatoms. The van der Waals surface area contributed by atoms with Crippen LogP contribution in [0.5, 0.6) is 11.5 Å². The largest absolute Gasteiger partial charge is 0.426 e. The molecule has 0 radical (unpaired) electrons. The van der Waals surface area contributed by atoms with Gasteiger partial charge in [0.2, 0.25) is 0 Å². The molecule has 0 bridgehead atoms. The fourth-order valence-electron chi connectivity index (χ4n) is 4.37. The van der Waals surface area contributed by atoms with Crippen molar-refractivity contribution in [3.05, 3.63) is 59.7 Å². The van der Waals surface area contributed by atoms with E-state index in [1.54, 1.807) is 0 Å². The molecule has 37 heavy (non-hydrogen) atoms. The minimum absolute atomic E-state index is 0.273. The van der Waals surface area contributed by atoms with Gasteiger partial charge in [0, 0.05) is 13.8 Å². The first-order valence-corrected chi connectivity index (χ1v) is 15.3. The highest BCUT2D eigenvalue weighted by Gasteiger charge is 2.11. The average Bonchev–Trinajstić information content (AvgIpc) is 2.84. The lowest BCUT2D eigenvalue weighted by atomic mass is 10.0. The summed E-state index contributed by atoms with van der Waals surface area (Å²) in [5.74, 6) is 1.18. The zero-order valence-electron chi connectivity index (χ0n) is 22.4. The summed E-state index contributed by atoms with van der Waals surface area (Å²) in [6.07, 6.45) is 11.0. The predicted molar refractivity (Wildman–Crippen MR) is 148 cm³/mol. The van der Waals surface area contributed by atoms with Gasteiger partial charge in [-0.3, -0.25) is 9.59 Å². The van der Waals surface area contributed by atoms with Crippen molar-refractivity contribution in [2.75, 3.05) is 11.5 Å². The Morgan fingerprint density at radius 1 is 0.568 bits per heavy atom. The van der Waals surface area contributed by atoms with Crippen LogP contribution >= 0.6 is 0 Å². The number of hydrogen-bond acceptors (Lipinski definition) is 6. The van der Waals surface area contributed by atoms with Gasteiger partial charge in [0.15, 0.2) is 0 Å². The number of ether oxygens (including phenoxy) is 2. The highest BCUT2D eigenvalue weighted by molar-refractivity contribution is 7.91. The Balaban J connectivity index is 1.50. The number of para-hydroxylation sites is 2. The topological polar surface area (TPSA) is 86.7 Å². The van der Waals surface area contributed by atoms with E-state index in [-0.39, 0.29) is 23.4 Å². The Kier molecular flexibility index (Phi) is 14.0. The monoisotopic (exact) mass is 530 g/mol. The molecule has 0 amide bonds. The summed E-state index contributed by atoms with van der Waals surface area (Å²) >= 11 is 0. The number of unbranched alkanes of at least 4 members (excludes halogenated alkanes) is 8. The minimum Gasteiger partial charge on any atom is -0.426 e. The molecule has 0 aliphatic heterocycles. The first-order chi connectivity index (χ1) is 17.8. The van der Waals surface area contributed by atoms with Crippen molar-refractivity contribution in [3.63, 3.8) is 0 Å². The van der Waals surface area contributed by atoms with Gasteiger partial charge in [-0.1, -0.05) is 74.9 Å². The van der Waals surface area contributed by atoms with Crippen LogP contribution in [0.2, 0.25) is 0 Å². The normalized spacial score (nSPS) is 11.3. The minimum atomic E-state index is -2.98. The Bertz CT molecular complexity index is 997. The fraction of sp³-hybridized carbons (Fsp3) is 0.533. The van der Waals surface area contributed by atoms with Crippen LogP contribution in [0.15, 0.2) is 48.5 Å². The van der Waals surface area contributed by atoms with Crippen molar-refractivity contribution in [2.45, 2.75) is 90.9 Å². The predicted octanol–water partition coefficient (Wildman–Crippen LogP) is 6.64. The van der Waals surface area contributed by atoms with Crippen LogP contribution in [0.4, 0.5) is 0 Å². The van der Waals surface area contributed by atoms with E-state index in [0.717, 1.165) is 75.3 Å². The molecule has 0 spiro atoms. The van der Waals surface area contributed by atoms with E-state index >= 15 is 0 Å². The Morgan fingerprint density at radius 3 is 1.32 bits per heavy atom. The summed E-state index contributed by atoms with van der Waals surface area (Å²) in [5, 5.41) is 0. The van der Waals surface area contributed by atoms with Gasteiger partial charge in [0.1, 0.15) is 21.3 Å². The molecule has 2 aromatic rings. The van der Waals surface area contributed by atoms with E-state index in [1.807, 2.05) is 48.5 Å². The summed E-state index contributed by atoms with van der Waals surface area (Å²) in [5.41, 5.74) is 2.07. The van der Waals surface area contributed by atoms with Crippen molar-refractivity contribution in [1.82, 2.24) is 0 Å². The molecule has 0 unspecified atom stereocenters. The highest BCUT2D eigenvalue weighted by Crippen LogP contribution is 2.22. The molecule has 0 atom stereocenters. The number of carbonyl (C=O) groups is 2. The van der Waals surface area contributed by atoms with E-state index in [2.05, 4.69) is 0 Å². The van der Waals surface area contributed by atoms with Crippen molar-refractivity contribution in [2.24, 2.45) is 0 Å². The van der Waals surface area contributed by atoms with Crippen LogP contribution in [0.25, 0.3) is 0 Å². The van der Waals surface area contributed by atoms with Gasteiger partial charge in [0.05, 0.1) is 11.5 Å². The SMILES string of the molecule is CC(=O)Oc1ccccc1CCCCCCCS(=O)(=O)CCCCCCCc1ccccc1OC(C)=O. The summed E-state index contributed by atoms with van der Waals surface area (Å²) in [6.45, 7) is 2.81. The smallest absolute Gasteiger partial charge is 0.308 e. The third kappa shape index (κ3) is 13.4. The van der Waals surface area contributed by atoms with Gasteiger partial charge in [-0.15, -0.1) is 0 Å².